The number of benzene rings is 1. The lowest BCUT2D eigenvalue weighted by Crippen LogP contribution is -2.18. The zero-order chi connectivity index (χ0) is 13.2. The maximum atomic E-state index is 12.8. The molecule has 1 atom stereocenters. The molecule has 0 radical (unpaired) electrons. The highest BCUT2D eigenvalue weighted by Crippen LogP contribution is 2.35. The molecular weight excluding hydrogens is 234 g/mol. The number of hydrogen-bond donors (Lipinski definition) is 1. The fourth-order valence-corrected chi connectivity index (χ4v) is 1.58. The molecule has 17 heavy (non-hydrogen) atoms. The Labute approximate surface area is 96.9 Å². The monoisotopic (exact) mass is 247 g/mol. The second kappa shape index (κ2) is 4.87. The van der Waals surface area contributed by atoms with E-state index in [0.29, 0.717) is 11.6 Å². The third kappa shape index (κ3) is 3.56. The Morgan fingerprint density at radius 3 is 2.47 bits per heavy atom. The molecule has 0 aromatic heterocycles. The average Bonchev–Trinajstić information content (AvgIpc) is 2.14. The highest BCUT2D eigenvalue weighted by atomic mass is 19.4. The van der Waals surface area contributed by atoms with E-state index in [0.717, 1.165) is 12.1 Å². The van der Waals surface area contributed by atoms with Crippen LogP contribution in [0.4, 0.5) is 17.6 Å². The van der Waals surface area contributed by atoms with Crippen molar-refractivity contribution in [2.24, 2.45) is 5.73 Å². The van der Waals surface area contributed by atoms with Crippen molar-refractivity contribution in [2.75, 3.05) is 0 Å². The van der Waals surface area contributed by atoms with E-state index in [4.69, 9.17) is 5.73 Å². The summed E-state index contributed by atoms with van der Waals surface area (Å²) in [6, 6.07) is 1.69. The number of nitrogens with two attached hydrogens (primary N) is 1. The predicted octanol–water partition coefficient (Wildman–Crippen LogP) is 3.81. The Morgan fingerprint density at radius 1 is 1.41 bits per heavy atom. The fraction of sp³-hybridized carbons (Fsp3) is 0.333. The largest absolute Gasteiger partial charge is 0.416 e. The van der Waals surface area contributed by atoms with Crippen LogP contribution in [0, 0.1) is 5.82 Å². The van der Waals surface area contributed by atoms with Crippen molar-refractivity contribution in [1.29, 1.82) is 0 Å². The van der Waals surface area contributed by atoms with E-state index in [2.05, 4.69) is 6.58 Å². The van der Waals surface area contributed by atoms with Crippen molar-refractivity contribution in [1.82, 2.24) is 0 Å². The Bertz CT molecular complexity index is 423. The molecule has 1 aromatic carbocycles. The first-order valence-corrected chi connectivity index (χ1v) is 4.98. The van der Waals surface area contributed by atoms with E-state index in [1.54, 1.807) is 6.92 Å². The van der Waals surface area contributed by atoms with Crippen LogP contribution in [0.1, 0.15) is 30.5 Å². The highest BCUT2D eigenvalue weighted by molar-refractivity contribution is 5.33. The van der Waals surface area contributed by atoms with Crippen LogP contribution in [0.2, 0.25) is 0 Å². The van der Waals surface area contributed by atoms with Gasteiger partial charge in [-0.25, -0.2) is 4.39 Å². The summed E-state index contributed by atoms with van der Waals surface area (Å²) < 4.78 is 50.9. The van der Waals surface area contributed by atoms with E-state index in [1.807, 2.05) is 0 Å². The second-order valence-electron chi connectivity index (χ2n) is 4.00. The standard InChI is InChI=1S/C12H13F4N/c1-7(2)5-11(17)9-4-3-8(13)6-10(9)12(14,15)16/h3-4,6,11H,1,5,17H2,2H3/t11-/m1/s1. The van der Waals surface area contributed by atoms with Gasteiger partial charge in [-0.1, -0.05) is 11.6 Å². The van der Waals surface area contributed by atoms with Gasteiger partial charge in [-0.2, -0.15) is 13.2 Å². The topological polar surface area (TPSA) is 26.0 Å². The highest BCUT2D eigenvalue weighted by Gasteiger charge is 2.35. The molecule has 5 heteroatoms. The molecule has 0 saturated heterocycles. The van der Waals surface area contributed by atoms with Gasteiger partial charge in [-0.3, -0.25) is 0 Å². The van der Waals surface area contributed by atoms with Gasteiger partial charge in [0, 0.05) is 6.04 Å². The van der Waals surface area contributed by atoms with Crippen LogP contribution in [0.25, 0.3) is 0 Å². The molecule has 1 rings (SSSR count). The van der Waals surface area contributed by atoms with Crippen LogP contribution in [0.15, 0.2) is 30.4 Å². The third-order valence-corrected chi connectivity index (χ3v) is 2.29. The summed E-state index contributed by atoms with van der Waals surface area (Å²) in [7, 11) is 0. The Morgan fingerprint density at radius 2 is 2.00 bits per heavy atom. The summed E-state index contributed by atoms with van der Waals surface area (Å²) in [5.41, 5.74) is 5.20. The molecule has 1 aromatic rings. The second-order valence-corrected chi connectivity index (χ2v) is 4.00. The predicted molar refractivity (Wildman–Crippen MR) is 57.8 cm³/mol. The van der Waals surface area contributed by atoms with Crippen molar-refractivity contribution >= 4 is 0 Å². The normalized spacial score (nSPS) is 13.5. The van der Waals surface area contributed by atoms with Gasteiger partial charge in [-0.15, -0.1) is 6.58 Å². The molecule has 0 heterocycles. The number of halogens is 4. The Kier molecular flexibility index (Phi) is 3.93. The van der Waals surface area contributed by atoms with Gasteiger partial charge in [0.25, 0.3) is 0 Å². The lowest BCUT2D eigenvalue weighted by atomic mass is 9.96. The molecular formula is C12H13F4N. The average molecular weight is 247 g/mol. The SMILES string of the molecule is C=C(C)C[C@@H](N)c1ccc(F)cc1C(F)(F)F. The van der Waals surface area contributed by atoms with Crippen molar-refractivity contribution in [3.63, 3.8) is 0 Å². The van der Waals surface area contributed by atoms with Crippen LogP contribution in [-0.2, 0) is 6.18 Å². The number of alkyl halides is 3. The van der Waals surface area contributed by atoms with Crippen LogP contribution in [0.5, 0.6) is 0 Å². The zero-order valence-corrected chi connectivity index (χ0v) is 9.31. The van der Waals surface area contributed by atoms with E-state index in [-0.39, 0.29) is 12.0 Å². The lowest BCUT2D eigenvalue weighted by Gasteiger charge is -2.18. The summed E-state index contributed by atoms with van der Waals surface area (Å²) >= 11 is 0. The van der Waals surface area contributed by atoms with Gasteiger partial charge >= 0.3 is 6.18 Å². The molecule has 0 amide bonds. The summed E-state index contributed by atoms with van der Waals surface area (Å²) in [5, 5.41) is 0. The third-order valence-electron chi connectivity index (χ3n) is 2.29. The molecule has 0 unspecified atom stereocenters. The minimum atomic E-state index is -4.61. The van der Waals surface area contributed by atoms with Crippen LogP contribution in [0.3, 0.4) is 0 Å². The molecule has 0 bridgehead atoms. The van der Waals surface area contributed by atoms with Crippen LogP contribution in [-0.4, -0.2) is 0 Å². The fourth-order valence-electron chi connectivity index (χ4n) is 1.58. The molecule has 1 nitrogen and oxygen atoms in total. The van der Waals surface area contributed by atoms with Crippen molar-refractivity contribution < 1.29 is 17.6 Å². The quantitative estimate of drug-likeness (QED) is 0.638. The summed E-state index contributed by atoms with van der Waals surface area (Å²) in [6.45, 7) is 5.27. The van der Waals surface area contributed by atoms with Gasteiger partial charge < -0.3 is 5.73 Å². The lowest BCUT2D eigenvalue weighted by molar-refractivity contribution is -0.138. The maximum Gasteiger partial charge on any atom is 0.416 e. The zero-order valence-electron chi connectivity index (χ0n) is 9.31. The molecule has 94 valence electrons. The van der Waals surface area contributed by atoms with Gasteiger partial charge in [0.1, 0.15) is 5.82 Å². The van der Waals surface area contributed by atoms with E-state index in [9.17, 15) is 17.6 Å². The first kappa shape index (κ1) is 13.7. The smallest absolute Gasteiger partial charge is 0.324 e. The maximum absolute atomic E-state index is 12.8. The van der Waals surface area contributed by atoms with Gasteiger partial charge in [0.15, 0.2) is 0 Å². The number of rotatable bonds is 3. The molecule has 2 N–H and O–H groups in total. The van der Waals surface area contributed by atoms with Gasteiger partial charge in [0.2, 0.25) is 0 Å². The first-order chi connectivity index (χ1) is 7.71. The van der Waals surface area contributed by atoms with Crippen molar-refractivity contribution in [3.8, 4) is 0 Å². The molecule has 0 aliphatic rings. The van der Waals surface area contributed by atoms with E-state index >= 15 is 0 Å². The Hall–Kier alpha value is -1.36. The molecule has 0 fully saturated rings. The number of hydrogen-bond acceptors (Lipinski definition) is 1. The van der Waals surface area contributed by atoms with E-state index < -0.39 is 23.6 Å². The minimum Gasteiger partial charge on any atom is -0.324 e. The minimum absolute atomic E-state index is 0.109. The molecule has 0 aliphatic carbocycles. The first-order valence-electron chi connectivity index (χ1n) is 4.98. The summed E-state index contributed by atoms with van der Waals surface area (Å²) in [4.78, 5) is 0. The molecule has 0 aliphatic heterocycles. The summed E-state index contributed by atoms with van der Waals surface area (Å²) in [5.74, 6) is -0.927. The van der Waals surface area contributed by atoms with Crippen molar-refractivity contribution in [3.05, 3.63) is 47.3 Å². The molecule has 0 spiro atoms. The van der Waals surface area contributed by atoms with Gasteiger partial charge in [0.05, 0.1) is 5.56 Å². The van der Waals surface area contributed by atoms with Crippen LogP contribution >= 0.6 is 0 Å². The Balaban J connectivity index is 3.19. The van der Waals surface area contributed by atoms with E-state index in [1.165, 1.54) is 0 Å². The van der Waals surface area contributed by atoms with Gasteiger partial charge in [-0.05, 0) is 31.0 Å². The molecule has 0 saturated carbocycles. The van der Waals surface area contributed by atoms with Crippen LogP contribution < -0.4 is 5.73 Å². The van der Waals surface area contributed by atoms with Crippen molar-refractivity contribution in [2.45, 2.75) is 25.6 Å². The summed E-state index contributed by atoms with van der Waals surface area (Å²) in [6.07, 6.45) is -4.38.